The Hall–Kier alpha value is -3.40. The zero-order valence-corrected chi connectivity index (χ0v) is 20.4. The van der Waals surface area contributed by atoms with Crippen molar-refractivity contribution in [2.24, 2.45) is 5.92 Å². The molecule has 190 valence electrons. The van der Waals surface area contributed by atoms with Crippen LogP contribution in [0.3, 0.4) is 0 Å². The molecule has 0 radical (unpaired) electrons. The second-order valence-corrected chi connectivity index (χ2v) is 10.0. The van der Waals surface area contributed by atoms with Gasteiger partial charge in [-0.2, -0.15) is 0 Å². The number of benzene rings is 1. The number of rotatable bonds is 7. The van der Waals surface area contributed by atoms with Crippen LogP contribution < -0.4 is 15.4 Å². The average molecular weight is 517 g/mol. The second kappa shape index (κ2) is 9.57. The molecule has 2 bridgehead atoms. The first kappa shape index (κ1) is 24.3. The summed E-state index contributed by atoms with van der Waals surface area (Å²) in [6.07, 6.45) is 6.06. The van der Waals surface area contributed by atoms with Gasteiger partial charge in [-0.25, -0.2) is 9.37 Å². The SMILES string of the molecule is CC(=O)N1CC=C(c2ncc(C(=O)NC34CC(C3)[C@@H](NC(=O)COc3ccc(Cl)c(F)c3)C4)o2)CC1. The van der Waals surface area contributed by atoms with Gasteiger partial charge in [0.05, 0.1) is 11.2 Å². The standard InChI is InChI=1S/C25H26ClFN4O5/c1-14(32)31-6-4-15(5-7-31)24-28-12-21(36-24)23(34)30-25-9-16(10-25)20(11-25)29-22(33)13-35-17-2-3-18(26)19(27)8-17/h2-4,8,12,16,20H,5-7,9-11,13H2,1H3,(H,29,33)(H,30,34)/t16?,20-,25?/m0/s1. The van der Waals surface area contributed by atoms with E-state index < -0.39 is 5.82 Å². The smallest absolute Gasteiger partial charge is 0.289 e. The number of nitrogens with one attached hydrogen (secondary N) is 2. The van der Waals surface area contributed by atoms with Gasteiger partial charge in [0.1, 0.15) is 11.6 Å². The first-order valence-electron chi connectivity index (χ1n) is 11.8. The molecule has 11 heteroatoms. The lowest BCUT2D eigenvalue weighted by Gasteiger charge is -2.38. The van der Waals surface area contributed by atoms with Crippen molar-refractivity contribution >= 4 is 34.9 Å². The molecule has 0 unspecified atom stereocenters. The van der Waals surface area contributed by atoms with Crippen LogP contribution in [-0.2, 0) is 9.59 Å². The molecular formula is C25H26ClFN4O5. The zero-order chi connectivity index (χ0) is 25.4. The number of carbonyl (C=O) groups is 3. The number of oxazole rings is 1. The summed E-state index contributed by atoms with van der Waals surface area (Å²) in [5.74, 6) is -0.230. The number of carbonyl (C=O) groups excluding carboxylic acids is 3. The van der Waals surface area contributed by atoms with E-state index in [4.69, 9.17) is 20.8 Å². The molecule has 1 aromatic heterocycles. The van der Waals surface area contributed by atoms with Gasteiger partial charge < -0.3 is 24.7 Å². The molecule has 1 atom stereocenters. The molecule has 9 nitrogen and oxygen atoms in total. The van der Waals surface area contributed by atoms with E-state index in [2.05, 4.69) is 15.6 Å². The number of halogens is 2. The highest BCUT2D eigenvalue weighted by Crippen LogP contribution is 2.52. The highest BCUT2D eigenvalue weighted by atomic mass is 35.5. The van der Waals surface area contributed by atoms with Crippen LogP contribution in [0.5, 0.6) is 5.75 Å². The van der Waals surface area contributed by atoms with Crippen LogP contribution in [0.25, 0.3) is 5.57 Å². The predicted molar refractivity (Wildman–Crippen MR) is 128 cm³/mol. The summed E-state index contributed by atoms with van der Waals surface area (Å²) in [4.78, 5) is 42.7. The van der Waals surface area contributed by atoms with E-state index in [0.29, 0.717) is 31.8 Å². The number of aromatic nitrogens is 1. The van der Waals surface area contributed by atoms with Crippen LogP contribution in [0.1, 0.15) is 49.1 Å². The van der Waals surface area contributed by atoms with Gasteiger partial charge in [0.25, 0.3) is 11.8 Å². The molecule has 3 saturated carbocycles. The van der Waals surface area contributed by atoms with Gasteiger partial charge in [-0.3, -0.25) is 14.4 Å². The highest BCUT2D eigenvalue weighted by molar-refractivity contribution is 6.30. The van der Waals surface area contributed by atoms with E-state index in [9.17, 15) is 18.8 Å². The number of fused-ring (bicyclic) bond motifs is 1. The summed E-state index contributed by atoms with van der Waals surface area (Å²) in [6, 6.07) is 3.92. The molecule has 4 aliphatic rings. The lowest BCUT2D eigenvalue weighted by atomic mass is 9.76. The highest BCUT2D eigenvalue weighted by Gasteiger charge is 2.57. The van der Waals surface area contributed by atoms with E-state index in [1.165, 1.54) is 25.3 Å². The zero-order valence-electron chi connectivity index (χ0n) is 19.7. The summed E-state index contributed by atoms with van der Waals surface area (Å²) in [5, 5.41) is 6.01. The van der Waals surface area contributed by atoms with Gasteiger partial charge in [-0.15, -0.1) is 0 Å². The largest absolute Gasteiger partial charge is 0.484 e. The Morgan fingerprint density at radius 1 is 1.31 bits per heavy atom. The van der Waals surface area contributed by atoms with Gasteiger partial charge in [0.15, 0.2) is 6.61 Å². The Balaban J connectivity index is 1.11. The molecular weight excluding hydrogens is 491 g/mol. The summed E-state index contributed by atoms with van der Waals surface area (Å²) in [6.45, 7) is 2.37. The molecule has 6 rings (SSSR count). The monoisotopic (exact) mass is 516 g/mol. The normalized spacial score (nSPS) is 24.5. The second-order valence-electron chi connectivity index (χ2n) is 9.62. The molecule has 3 amide bonds. The maximum atomic E-state index is 13.5. The van der Waals surface area contributed by atoms with Crippen LogP contribution >= 0.6 is 11.6 Å². The molecule has 0 spiro atoms. The maximum Gasteiger partial charge on any atom is 0.289 e. The van der Waals surface area contributed by atoms with Gasteiger partial charge in [0, 0.05) is 43.2 Å². The van der Waals surface area contributed by atoms with E-state index in [0.717, 1.165) is 24.5 Å². The number of hydrogen-bond acceptors (Lipinski definition) is 6. The minimum Gasteiger partial charge on any atom is -0.484 e. The summed E-state index contributed by atoms with van der Waals surface area (Å²) < 4.78 is 24.6. The Morgan fingerprint density at radius 2 is 2.11 bits per heavy atom. The van der Waals surface area contributed by atoms with Gasteiger partial charge in [0.2, 0.25) is 17.6 Å². The Labute approximate surface area is 212 Å². The topological polar surface area (TPSA) is 114 Å². The summed E-state index contributed by atoms with van der Waals surface area (Å²) in [7, 11) is 0. The molecule has 2 heterocycles. The minimum atomic E-state index is -0.613. The Morgan fingerprint density at radius 3 is 2.81 bits per heavy atom. The summed E-state index contributed by atoms with van der Waals surface area (Å²) in [5.41, 5.74) is 0.486. The van der Waals surface area contributed by atoms with Crippen LogP contribution in [0, 0.1) is 11.7 Å². The first-order chi connectivity index (χ1) is 17.2. The first-order valence-corrected chi connectivity index (χ1v) is 12.2. The van der Waals surface area contributed by atoms with Gasteiger partial charge >= 0.3 is 0 Å². The summed E-state index contributed by atoms with van der Waals surface area (Å²) >= 11 is 5.65. The van der Waals surface area contributed by atoms with E-state index in [1.807, 2.05) is 6.08 Å². The Bertz CT molecular complexity index is 1240. The van der Waals surface area contributed by atoms with Gasteiger partial charge in [-0.1, -0.05) is 17.7 Å². The Kier molecular flexibility index (Phi) is 6.46. The number of hydrogen-bond donors (Lipinski definition) is 2. The molecule has 3 aliphatic carbocycles. The van der Waals surface area contributed by atoms with Crippen molar-refractivity contribution in [3.05, 3.63) is 53.0 Å². The third-order valence-corrected chi connectivity index (χ3v) is 7.44. The maximum absolute atomic E-state index is 13.5. The third-order valence-electron chi connectivity index (χ3n) is 7.13. The molecule has 36 heavy (non-hydrogen) atoms. The van der Waals surface area contributed by atoms with Crippen molar-refractivity contribution in [2.45, 2.75) is 44.2 Å². The minimum absolute atomic E-state index is 0.0153. The van der Waals surface area contributed by atoms with Crippen molar-refractivity contribution in [3.63, 3.8) is 0 Å². The number of nitrogens with zero attached hydrogens (tertiary/aromatic N) is 2. The van der Waals surface area contributed by atoms with Crippen molar-refractivity contribution in [3.8, 4) is 5.75 Å². The fraction of sp³-hybridized carbons (Fsp3) is 0.440. The van der Waals surface area contributed by atoms with Crippen LogP contribution in [0.2, 0.25) is 5.02 Å². The van der Waals surface area contributed by atoms with E-state index in [1.54, 1.807) is 4.90 Å². The van der Waals surface area contributed by atoms with Crippen molar-refractivity contribution in [1.82, 2.24) is 20.5 Å². The fourth-order valence-corrected chi connectivity index (χ4v) is 5.37. The van der Waals surface area contributed by atoms with Crippen molar-refractivity contribution in [1.29, 1.82) is 0 Å². The average Bonchev–Trinajstić information content (AvgIpc) is 3.53. The van der Waals surface area contributed by atoms with Crippen LogP contribution in [-0.4, -0.2) is 58.9 Å². The molecule has 0 saturated heterocycles. The molecule has 1 aliphatic heterocycles. The predicted octanol–water partition coefficient (Wildman–Crippen LogP) is 2.95. The van der Waals surface area contributed by atoms with E-state index in [-0.39, 0.29) is 58.4 Å². The number of ether oxygens (including phenoxy) is 1. The van der Waals surface area contributed by atoms with Crippen LogP contribution in [0.4, 0.5) is 4.39 Å². The van der Waals surface area contributed by atoms with E-state index >= 15 is 0 Å². The van der Waals surface area contributed by atoms with Gasteiger partial charge in [-0.05, 0) is 43.7 Å². The van der Waals surface area contributed by atoms with Crippen molar-refractivity contribution in [2.75, 3.05) is 19.7 Å². The molecule has 2 aromatic rings. The lowest BCUT2D eigenvalue weighted by Crippen LogP contribution is -2.51. The number of amides is 3. The third kappa shape index (κ3) is 4.95. The van der Waals surface area contributed by atoms with Crippen LogP contribution in [0.15, 0.2) is 34.9 Å². The molecule has 2 N–H and O–H groups in total. The molecule has 3 fully saturated rings. The quantitative estimate of drug-likeness (QED) is 0.585. The fourth-order valence-electron chi connectivity index (χ4n) is 5.25. The van der Waals surface area contributed by atoms with Crippen molar-refractivity contribution < 1.29 is 27.9 Å². The molecule has 1 aromatic carbocycles. The lowest BCUT2D eigenvalue weighted by molar-refractivity contribution is -0.128.